The number of carbonyl (C=O) groups excluding carboxylic acids is 1. The molecule has 0 heterocycles. The lowest BCUT2D eigenvalue weighted by Crippen LogP contribution is -2.17. The Hall–Kier alpha value is -0.180. The van der Waals surface area contributed by atoms with Crippen LogP contribution in [0.5, 0.6) is 0 Å². The molecule has 0 aromatic heterocycles. The first-order chi connectivity index (χ1) is 3.68. The summed E-state index contributed by atoms with van der Waals surface area (Å²) in [6.45, 7) is 2.38. The van der Waals surface area contributed by atoms with Crippen molar-refractivity contribution in [1.29, 1.82) is 0 Å². The Balaban J connectivity index is 3.30. The average molecular weight is 135 g/mol. The van der Waals surface area contributed by atoms with Gasteiger partial charge in [-0.25, -0.2) is 0 Å². The second-order valence-corrected chi connectivity index (χ2v) is 4.10. The molecule has 0 aliphatic rings. The molecule has 0 amide bonds. The molecule has 0 fully saturated rings. The Morgan fingerprint density at radius 2 is 2.12 bits per heavy atom. The summed E-state index contributed by atoms with van der Waals surface area (Å²) in [4.78, 5) is 9.70. The molecule has 48 valence electrons. The molecule has 0 saturated heterocycles. The van der Waals surface area contributed by atoms with E-state index in [4.69, 9.17) is 0 Å². The van der Waals surface area contributed by atoms with Gasteiger partial charge >= 0.3 is 0 Å². The normalized spacial score (nSPS) is 13.5. The summed E-state index contributed by atoms with van der Waals surface area (Å²) in [7, 11) is 0.186. The Kier molecular flexibility index (Phi) is 3.69. The Bertz CT molecular complexity index is 72.8. The molecular weight excluding hydrogens is 124 g/mol. The molecule has 2 nitrogen and oxygen atoms in total. The van der Waals surface area contributed by atoms with E-state index in [2.05, 4.69) is 4.74 Å². The van der Waals surface area contributed by atoms with Crippen LogP contribution in [0.2, 0.25) is 0 Å². The van der Waals surface area contributed by atoms with Crippen LogP contribution >= 0.6 is 0 Å². The summed E-state index contributed by atoms with van der Waals surface area (Å²) < 4.78 is 4.64. The molecule has 1 unspecified atom stereocenters. The zero-order valence-corrected chi connectivity index (χ0v) is 6.20. The minimum atomic E-state index is 0.0764. The van der Waals surface area contributed by atoms with E-state index < -0.39 is 0 Å². The highest BCUT2D eigenvalue weighted by Crippen LogP contribution is 1.96. The molecule has 0 rings (SSSR count). The fourth-order valence-electron chi connectivity index (χ4n) is 0.189. The molecule has 8 heavy (non-hydrogen) atoms. The minimum Gasteiger partial charge on any atom is -0.419 e. The van der Waals surface area contributed by atoms with E-state index in [-0.39, 0.29) is 16.3 Å². The van der Waals surface area contributed by atoms with Gasteiger partial charge in [0.15, 0.2) is 0 Å². The summed E-state index contributed by atoms with van der Waals surface area (Å²) in [5.74, 6) is 0. The Morgan fingerprint density at radius 3 is 2.25 bits per heavy atom. The first-order valence-electron chi connectivity index (χ1n) is 2.34. The van der Waals surface area contributed by atoms with Gasteiger partial charge in [-0.3, -0.25) is 4.79 Å². The maximum atomic E-state index is 9.70. The number of carbonyl (C=O) groups is 1. The first kappa shape index (κ1) is 7.82. The van der Waals surface area contributed by atoms with Crippen molar-refractivity contribution in [2.75, 3.05) is 12.5 Å². The van der Waals surface area contributed by atoms with E-state index in [9.17, 15) is 4.79 Å². The van der Waals surface area contributed by atoms with Crippen molar-refractivity contribution >= 4 is 17.4 Å². The minimum absolute atomic E-state index is 0.0764. The zero-order chi connectivity index (χ0) is 6.57. The predicted molar refractivity (Wildman–Crippen MR) is 35.8 cm³/mol. The molecule has 0 aliphatic heterocycles. The third-order valence-corrected chi connectivity index (χ3v) is 2.35. The highest BCUT2D eigenvalue weighted by atomic mass is 32.2. The van der Waals surface area contributed by atoms with Crippen molar-refractivity contribution in [3.05, 3.63) is 0 Å². The zero-order valence-electron chi connectivity index (χ0n) is 5.38. The van der Waals surface area contributed by atoms with Gasteiger partial charge in [0.25, 0.3) is 11.9 Å². The van der Waals surface area contributed by atoms with Crippen molar-refractivity contribution in [3.63, 3.8) is 0 Å². The molecule has 0 radical (unpaired) electrons. The third kappa shape index (κ3) is 2.91. The van der Waals surface area contributed by atoms with Gasteiger partial charge in [0.2, 0.25) is 0 Å². The number of ether oxygens (including phenoxy) is 1. The van der Waals surface area contributed by atoms with Crippen LogP contribution in [0.3, 0.4) is 0 Å². The largest absolute Gasteiger partial charge is 0.419 e. The maximum absolute atomic E-state index is 9.70. The second kappa shape index (κ2) is 3.78. The van der Waals surface area contributed by atoms with Crippen molar-refractivity contribution in [2.24, 2.45) is 0 Å². The van der Waals surface area contributed by atoms with Crippen LogP contribution < -0.4 is 0 Å². The number of rotatable bonds is 3. The summed E-state index contributed by atoms with van der Waals surface area (Å²) in [5, 5.41) is 0. The van der Waals surface area contributed by atoms with Crippen LogP contribution in [0.4, 0.5) is 0 Å². The summed E-state index contributed by atoms with van der Waals surface area (Å²) in [5.41, 5.74) is 0.0764. The standard InChI is InChI=1S/C5H11O2S/c1-5(7-4-6)8(2)3/h4-5H,1-3H3/q+1. The monoisotopic (exact) mass is 135 g/mol. The highest BCUT2D eigenvalue weighted by Gasteiger charge is 2.14. The van der Waals surface area contributed by atoms with Crippen molar-refractivity contribution in [1.82, 2.24) is 0 Å². The van der Waals surface area contributed by atoms with E-state index in [0.29, 0.717) is 6.47 Å². The quantitative estimate of drug-likeness (QED) is 0.413. The lowest BCUT2D eigenvalue weighted by molar-refractivity contribution is -0.129. The van der Waals surface area contributed by atoms with Crippen LogP contribution in [-0.4, -0.2) is 24.4 Å². The van der Waals surface area contributed by atoms with Gasteiger partial charge in [-0.2, -0.15) is 0 Å². The first-order valence-corrected chi connectivity index (χ1v) is 4.44. The van der Waals surface area contributed by atoms with Gasteiger partial charge in [-0.05, 0) is 0 Å². The van der Waals surface area contributed by atoms with E-state index >= 15 is 0 Å². The predicted octanol–water partition coefficient (Wildman–Crippen LogP) is 0.383. The van der Waals surface area contributed by atoms with Gasteiger partial charge < -0.3 is 4.74 Å². The topological polar surface area (TPSA) is 26.3 Å². The molecule has 0 bridgehead atoms. The number of hydrogen-bond donors (Lipinski definition) is 0. The molecule has 1 atom stereocenters. The number of hydrogen-bond acceptors (Lipinski definition) is 2. The van der Waals surface area contributed by atoms with Gasteiger partial charge in [0.1, 0.15) is 12.5 Å². The van der Waals surface area contributed by atoms with Crippen molar-refractivity contribution in [2.45, 2.75) is 12.4 Å². The van der Waals surface area contributed by atoms with Crippen molar-refractivity contribution in [3.8, 4) is 0 Å². The fourth-order valence-corrected chi connectivity index (χ4v) is 0.457. The van der Waals surface area contributed by atoms with Crippen LogP contribution in [0.25, 0.3) is 0 Å². The molecule has 0 saturated carbocycles. The highest BCUT2D eigenvalue weighted by molar-refractivity contribution is 7.95. The molecule has 0 aromatic rings. The fraction of sp³-hybridized carbons (Fsp3) is 0.800. The average Bonchev–Trinajstić information content (AvgIpc) is 1.67. The van der Waals surface area contributed by atoms with Crippen molar-refractivity contribution < 1.29 is 9.53 Å². The van der Waals surface area contributed by atoms with Crippen LogP contribution in [0.1, 0.15) is 6.92 Å². The van der Waals surface area contributed by atoms with E-state index in [1.54, 1.807) is 0 Å². The summed E-state index contributed by atoms with van der Waals surface area (Å²) in [6.07, 6.45) is 4.07. The van der Waals surface area contributed by atoms with Gasteiger partial charge in [-0.1, -0.05) is 0 Å². The molecular formula is C5H11O2S+. The Labute approximate surface area is 52.6 Å². The van der Waals surface area contributed by atoms with Gasteiger partial charge in [-0.15, -0.1) is 0 Å². The smallest absolute Gasteiger partial charge is 0.296 e. The molecule has 0 spiro atoms. The van der Waals surface area contributed by atoms with E-state index in [1.165, 1.54) is 0 Å². The second-order valence-electron chi connectivity index (χ2n) is 1.68. The molecule has 0 aromatic carbocycles. The van der Waals surface area contributed by atoms with E-state index in [0.717, 1.165) is 0 Å². The van der Waals surface area contributed by atoms with Crippen LogP contribution in [0.15, 0.2) is 0 Å². The SMILES string of the molecule is CC(OC=O)[S+](C)C. The van der Waals surface area contributed by atoms with Gasteiger partial charge in [0, 0.05) is 17.8 Å². The maximum Gasteiger partial charge on any atom is 0.296 e. The lowest BCUT2D eigenvalue weighted by Gasteiger charge is -2.03. The van der Waals surface area contributed by atoms with E-state index in [1.807, 2.05) is 19.4 Å². The molecule has 0 N–H and O–H groups in total. The molecule has 3 heteroatoms. The summed E-state index contributed by atoms with van der Waals surface area (Å²) >= 11 is 0. The lowest BCUT2D eigenvalue weighted by atomic mass is 10.9. The van der Waals surface area contributed by atoms with Crippen LogP contribution in [-0.2, 0) is 20.4 Å². The molecule has 0 aliphatic carbocycles. The van der Waals surface area contributed by atoms with Gasteiger partial charge in [0.05, 0.1) is 0 Å². The van der Waals surface area contributed by atoms with Crippen LogP contribution in [0, 0.1) is 0 Å². The summed E-state index contributed by atoms with van der Waals surface area (Å²) in [6, 6.07) is 0. The Morgan fingerprint density at radius 1 is 1.62 bits per heavy atom. The third-order valence-electron chi connectivity index (χ3n) is 0.911.